The van der Waals surface area contributed by atoms with Gasteiger partial charge in [0.05, 0.1) is 39.9 Å². The van der Waals surface area contributed by atoms with Crippen LogP contribution < -0.4 is 10.2 Å². The number of nitrogens with one attached hydrogen (secondary N) is 1. The summed E-state index contributed by atoms with van der Waals surface area (Å²) in [7, 11) is 1.22. The van der Waals surface area contributed by atoms with E-state index in [1.165, 1.54) is 96.3 Å². The number of carbonyl (C=O) groups excluding carboxylic acids is 1. The lowest BCUT2D eigenvalue weighted by Crippen LogP contribution is -2.45. The first-order chi connectivity index (χ1) is 33.0. The number of rotatable bonds is 48. The first-order valence-electron chi connectivity index (χ1n) is 27.2. The maximum Gasteiger partial charge on any atom is 0.268 e. The maximum absolute atomic E-state index is 12.9. The van der Waals surface area contributed by atoms with Crippen LogP contribution in [0.2, 0.25) is 0 Å². The lowest BCUT2D eigenvalue weighted by Gasteiger charge is -2.29. The zero-order chi connectivity index (χ0) is 49.9. The van der Waals surface area contributed by atoms with E-state index in [1.807, 2.05) is 27.2 Å². The zero-order valence-electron chi connectivity index (χ0n) is 44.3. The first-order valence-corrected chi connectivity index (χ1v) is 28.7. The number of quaternary nitrogens is 1. The molecule has 390 valence electrons. The van der Waals surface area contributed by atoms with Crippen LogP contribution in [-0.4, -0.2) is 68.5 Å². The van der Waals surface area contributed by atoms with Crippen LogP contribution in [0.1, 0.15) is 206 Å². The molecular formula is C59H103N2O6P. The Bertz CT molecular complexity index is 1470. The Morgan fingerprint density at radius 1 is 0.529 bits per heavy atom. The Hall–Kier alpha value is -2.84. The van der Waals surface area contributed by atoms with Crippen molar-refractivity contribution in [3.63, 3.8) is 0 Å². The van der Waals surface area contributed by atoms with Crippen LogP contribution in [0, 0.1) is 0 Å². The molecule has 2 N–H and O–H groups in total. The Labute approximate surface area is 419 Å². The molecule has 0 aliphatic rings. The van der Waals surface area contributed by atoms with Crippen molar-refractivity contribution >= 4 is 13.7 Å². The number of phosphoric ester groups is 1. The molecule has 0 aliphatic carbocycles. The molecule has 0 saturated carbocycles. The molecule has 0 radical (unpaired) electrons. The fourth-order valence-electron chi connectivity index (χ4n) is 7.19. The van der Waals surface area contributed by atoms with Gasteiger partial charge in [-0.3, -0.25) is 9.36 Å². The van der Waals surface area contributed by atoms with E-state index in [-0.39, 0.29) is 12.5 Å². The average molecular weight is 967 g/mol. The van der Waals surface area contributed by atoms with Gasteiger partial charge in [0, 0.05) is 6.42 Å². The van der Waals surface area contributed by atoms with E-state index in [4.69, 9.17) is 9.05 Å². The van der Waals surface area contributed by atoms with E-state index in [1.54, 1.807) is 6.08 Å². The standard InChI is InChI=1S/C59H103N2O6P/c1-6-8-10-12-14-16-18-20-22-24-25-26-27-28-29-30-31-32-33-34-35-37-39-41-43-45-47-49-51-53-59(63)60-57(56-67-68(64,65)66-55-54-61(3,4)5)58(62)52-50-48-46-44-42-40-38-36-23-21-19-17-15-13-11-9-7-2/h8,10,14,16,20,22-23,25-26,28-29,31-32,36,42,44,50,52,57-58,62H,6-7,9,11-13,15,17-19,21,24,27,30,33-35,37-41,43,45-49,51,53-56H2,1-5H3,(H-,60,63,64,65)/b10-8-,16-14-,22-20-,26-25-,29-28-,32-31-,36-23+,44-42+,52-50+. The summed E-state index contributed by atoms with van der Waals surface area (Å²) < 4.78 is 23.3. The Kier molecular flexibility index (Phi) is 47.1. The van der Waals surface area contributed by atoms with Gasteiger partial charge in [-0.2, -0.15) is 0 Å². The number of nitrogens with zero attached hydrogens (tertiary/aromatic N) is 1. The van der Waals surface area contributed by atoms with E-state index in [2.05, 4.69) is 116 Å². The van der Waals surface area contributed by atoms with Crippen LogP contribution in [0.3, 0.4) is 0 Å². The summed E-state index contributed by atoms with van der Waals surface area (Å²) in [5.74, 6) is -0.221. The molecule has 0 bridgehead atoms. The lowest BCUT2D eigenvalue weighted by molar-refractivity contribution is -0.870. The number of phosphoric acid groups is 1. The van der Waals surface area contributed by atoms with Gasteiger partial charge in [-0.05, 0) is 96.3 Å². The Morgan fingerprint density at radius 3 is 1.37 bits per heavy atom. The molecule has 3 unspecified atom stereocenters. The fourth-order valence-corrected chi connectivity index (χ4v) is 7.91. The third kappa shape index (κ3) is 51.0. The average Bonchev–Trinajstić information content (AvgIpc) is 3.30. The molecule has 0 aromatic heterocycles. The predicted octanol–water partition coefficient (Wildman–Crippen LogP) is 15.8. The first kappa shape index (κ1) is 65.2. The molecule has 0 saturated heterocycles. The summed E-state index contributed by atoms with van der Waals surface area (Å²) >= 11 is 0. The van der Waals surface area contributed by atoms with Crippen LogP contribution in [0.15, 0.2) is 109 Å². The molecule has 68 heavy (non-hydrogen) atoms. The minimum absolute atomic E-state index is 0.0153. The number of hydrogen-bond acceptors (Lipinski definition) is 6. The molecular weight excluding hydrogens is 864 g/mol. The molecule has 3 atom stereocenters. The van der Waals surface area contributed by atoms with Crippen molar-refractivity contribution in [3.8, 4) is 0 Å². The van der Waals surface area contributed by atoms with E-state index >= 15 is 0 Å². The molecule has 0 heterocycles. The fraction of sp³-hybridized carbons (Fsp3) is 0.678. The summed E-state index contributed by atoms with van der Waals surface area (Å²) in [4.78, 5) is 25.5. The van der Waals surface area contributed by atoms with Gasteiger partial charge in [0.15, 0.2) is 0 Å². The third-order valence-electron chi connectivity index (χ3n) is 11.4. The number of hydrogen-bond donors (Lipinski definition) is 2. The number of likely N-dealkylation sites (N-methyl/N-ethyl adjacent to an activating group) is 1. The van der Waals surface area contributed by atoms with Gasteiger partial charge >= 0.3 is 0 Å². The molecule has 0 fully saturated rings. The lowest BCUT2D eigenvalue weighted by atomic mass is 10.0. The van der Waals surface area contributed by atoms with Gasteiger partial charge in [-0.1, -0.05) is 213 Å². The second-order valence-electron chi connectivity index (χ2n) is 19.2. The highest BCUT2D eigenvalue weighted by Crippen LogP contribution is 2.38. The molecule has 0 aliphatic heterocycles. The van der Waals surface area contributed by atoms with E-state index in [0.717, 1.165) is 89.9 Å². The second-order valence-corrected chi connectivity index (χ2v) is 20.6. The molecule has 0 rings (SSSR count). The van der Waals surface area contributed by atoms with Crippen molar-refractivity contribution in [2.45, 2.75) is 219 Å². The van der Waals surface area contributed by atoms with Crippen LogP contribution >= 0.6 is 7.82 Å². The summed E-state index contributed by atoms with van der Waals surface area (Å²) in [6.07, 6.45) is 71.5. The van der Waals surface area contributed by atoms with Gasteiger partial charge < -0.3 is 28.8 Å². The summed E-state index contributed by atoms with van der Waals surface area (Å²) in [6.45, 7) is 4.48. The highest BCUT2D eigenvalue weighted by Gasteiger charge is 2.23. The molecule has 0 spiro atoms. The molecule has 8 nitrogen and oxygen atoms in total. The highest BCUT2D eigenvalue weighted by molar-refractivity contribution is 7.45. The molecule has 9 heteroatoms. The highest BCUT2D eigenvalue weighted by atomic mass is 31.2. The molecule has 0 aromatic carbocycles. The topological polar surface area (TPSA) is 108 Å². The van der Waals surface area contributed by atoms with Gasteiger partial charge in [0.25, 0.3) is 7.82 Å². The second kappa shape index (κ2) is 49.2. The molecule has 1 amide bonds. The smallest absolute Gasteiger partial charge is 0.268 e. The Balaban J connectivity index is 4.30. The number of allylic oxidation sites excluding steroid dienone is 17. The van der Waals surface area contributed by atoms with Gasteiger partial charge in [-0.25, -0.2) is 0 Å². The minimum atomic E-state index is -4.61. The number of aliphatic hydroxyl groups is 1. The third-order valence-corrected chi connectivity index (χ3v) is 12.4. The Morgan fingerprint density at radius 2 is 0.912 bits per heavy atom. The summed E-state index contributed by atoms with van der Waals surface area (Å²) in [5.41, 5.74) is 0. The van der Waals surface area contributed by atoms with Crippen molar-refractivity contribution < 1.29 is 32.9 Å². The van der Waals surface area contributed by atoms with Crippen LogP contribution in [0.5, 0.6) is 0 Å². The van der Waals surface area contributed by atoms with Gasteiger partial charge in [0.2, 0.25) is 5.91 Å². The SMILES string of the molecule is CC/C=C\C/C=C\C/C=C\C/C=C\C/C=C\C/C=C\CCCCCCCCCCCCC(=O)NC(COP(=O)([O-])OCC[N+](C)(C)C)C(O)/C=C/CC/C=C/CC/C=C/CCCCCCCCC. The number of amides is 1. The van der Waals surface area contributed by atoms with Crippen molar-refractivity contribution in [1.82, 2.24) is 5.32 Å². The van der Waals surface area contributed by atoms with Gasteiger partial charge in [-0.15, -0.1) is 0 Å². The summed E-state index contributed by atoms with van der Waals surface area (Å²) in [6, 6.07) is -0.919. The van der Waals surface area contributed by atoms with Crippen LogP contribution in [0.4, 0.5) is 0 Å². The van der Waals surface area contributed by atoms with E-state index in [9.17, 15) is 19.4 Å². The van der Waals surface area contributed by atoms with Crippen molar-refractivity contribution in [2.75, 3.05) is 40.9 Å². The van der Waals surface area contributed by atoms with Crippen molar-refractivity contribution in [2.24, 2.45) is 0 Å². The van der Waals surface area contributed by atoms with E-state index in [0.29, 0.717) is 17.4 Å². The van der Waals surface area contributed by atoms with Gasteiger partial charge in [0.1, 0.15) is 13.2 Å². The maximum atomic E-state index is 12.9. The monoisotopic (exact) mass is 967 g/mol. The molecule has 0 aromatic rings. The van der Waals surface area contributed by atoms with Crippen molar-refractivity contribution in [1.29, 1.82) is 0 Å². The van der Waals surface area contributed by atoms with Crippen molar-refractivity contribution in [3.05, 3.63) is 109 Å². The largest absolute Gasteiger partial charge is 0.756 e. The number of aliphatic hydroxyl groups excluding tert-OH is 1. The number of unbranched alkanes of at least 4 members (excludes halogenated alkanes) is 19. The van der Waals surface area contributed by atoms with E-state index < -0.39 is 26.6 Å². The minimum Gasteiger partial charge on any atom is -0.756 e. The normalized spacial score (nSPS) is 14.9. The number of carbonyl (C=O) groups is 1. The zero-order valence-corrected chi connectivity index (χ0v) is 45.2. The van der Waals surface area contributed by atoms with Crippen LogP contribution in [-0.2, 0) is 18.4 Å². The van der Waals surface area contributed by atoms with Crippen LogP contribution in [0.25, 0.3) is 0 Å². The summed E-state index contributed by atoms with van der Waals surface area (Å²) in [5, 5.41) is 13.8. The quantitative estimate of drug-likeness (QED) is 0.0272. The predicted molar refractivity (Wildman–Crippen MR) is 292 cm³/mol.